The van der Waals surface area contributed by atoms with Crippen LogP contribution in [0.3, 0.4) is 0 Å². The molecule has 2 aromatic heterocycles. The molecule has 13 rings (SSSR count). The van der Waals surface area contributed by atoms with Crippen molar-refractivity contribution in [3.8, 4) is 73.1 Å². The van der Waals surface area contributed by atoms with Crippen molar-refractivity contribution < 1.29 is 0 Å². The fourth-order valence-electron chi connectivity index (χ4n) is 10.5. The summed E-state index contributed by atoms with van der Waals surface area (Å²) in [7, 11) is 0. The van der Waals surface area contributed by atoms with Crippen LogP contribution in [-0.4, -0.2) is 19.5 Å². The maximum Gasteiger partial charge on any atom is 0.160 e. The van der Waals surface area contributed by atoms with Crippen molar-refractivity contribution in [2.24, 2.45) is 0 Å². The lowest BCUT2D eigenvalue weighted by Crippen LogP contribution is -2.25. The van der Waals surface area contributed by atoms with E-state index in [1.54, 1.807) is 0 Å². The number of hydrogen-bond acceptors (Lipinski definition) is 3. The first kappa shape index (κ1) is 34.6. The highest BCUT2D eigenvalue weighted by atomic mass is 15.1. The summed E-state index contributed by atoms with van der Waals surface area (Å²) in [6.45, 7) is 0. The van der Waals surface area contributed by atoms with Crippen molar-refractivity contribution in [2.45, 2.75) is 5.41 Å². The molecule has 62 heavy (non-hydrogen) atoms. The fourth-order valence-corrected chi connectivity index (χ4v) is 10.5. The van der Waals surface area contributed by atoms with Crippen molar-refractivity contribution in [1.29, 1.82) is 0 Å². The smallest absolute Gasteiger partial charge is 0.160 e. The summed E-state index contributed by atoms with van der Waals surface area (Å²) in [5, 5.41) is 1.03. The summed E-state index contributed by atoms with van der Waals surface area (Å²) < 4.78 is 2.28. The molecule has 1 spiro atoms. The molecule has 2 aliphatic rings. The Hall–Kier alpha value is -8.21. The molecule has 0 amide bonds. The summed E-state index contributed by atoms with van der Waals surface area (Å²) in [5.41, 5.74) is 20.1. The van der Waals surface area contributed by atoms with Crippen molar-refractivity contribution >= 4 is 21.9 Å². The highest BCUT2D eigenvalue weighted by Gasteiger charge is 2.52. The summed E-state index contributed by atoms with van der Waals surface area (Å²) in [6.07, 6.45) is 0. The van der Waals surface area contributed by atoms with Crippen molar-refractivity contribution in [2.75, 3.05) is 0 Å². The molecule has 0 saturated heterocycles. The molecular formula is C58H36N4. The zero-order valence-electron chi connectivity index (χ0n) is 33.6. The molecule has 0 aliphatic heterocycles. The minimum atomic E-state index is -0.548. The predicted octanol–water partition coefficient (Wildman–Crippen LogP) is 14.0. The first-order valence-electron chi connectivity index (χ1n) is 21.2. The van der Waals surface area contributed by atoms with Gasteiger partial charge >= 0.3 is 0 Å². The average molecular weight is 789 g/mol. The topological polar surface area (TPSA) is 43.6 Å². The Balaban J connectivity index is 1.07. The van der Waals surface area contributed by atoms with Crippen LogP contribution in [0.15, 0.2) is 218 Å². The van der Waals surface area contributed by atoms with Gasteiger partial charge in [-0.1, -0.05) is 176 Å². The van der Waals surface area contributed by atoms with E-state index in [1.807, 2.05) is 18.2 Å². The number of benzene rings is 9. The number of rotatable bonds is 5. The van der Waals surface area contributed by atoms with Crippen molar-refractivity contribution in [1.82, 2.24) is 19.5 Å². The molecule has 2 aliphatic carbocycles. The van der Waals surface area contributed by atoms with Crippen LogP contribution in [0.25, 0.3) is 95.0 Å². The monoisotopic (exact) mass is 788 g/mol. The number of imidazole rings is 1. The number of nitrogens with zero attached hydrogens (tertiary/aromatic N) is 4. The third kappa shape index (κ3) is 4.92. The number of para-hydroxylation sites is 4. The largest absolute Gasteiger partial charge is 0.292 e. The lowest BCUT2D eigenvalue weighted by atomic mass is 9.70. The van der Waals surface area contributed by atoms with Gasteiger partial charge in [-0.2, -0.15) is 0 Å². The molecular weight excluding hydrogens is 753 g/mol. The second-order valence-corrected chi connectivity index (χ2v) is 16.3. The molecule has 288 valence electrons. The molecule has 0 N–H and O–H groups in total. The third-order valence-corrected chi connectivity index (χ3v) is 13.0. The lowest BCUT2D eigenvalue weighted by molar-refractivity contribution is 0.794. The van der Waals surface area contributed by atoms with Gasteiger partial charge in [-0.3, -0.25) is 4.57 Å². The van der Waals surface area contributed by atoms with E-state index in [1.165, 1.54) is 50.1 Å². The molecule has 0 saturated carbocycles. The summed E-state index contributed by atoms with van der Waals surface area (Å²) in [4.78, 5) is 15.7. The van der Waals surface area contributed by atoms with Gasteiger partial charge in [0, 0.05) is 27.8 Å². The van der Waals surface area contributed by atoms with Gasteiger partial charge in [-0.25, -0.2) is 15.0 Å². The first-order chi connectivity index (χ1) is 30.8. The quantitative estimate of drug-likeness (QED) is 0.174. The van der Waals surface area contributed by atoms with Gasteiger partial charge in [0.2, 0.25) is 0 Å². The standard InChI is InChI=1S/C58H36N4/c1-3-17-37(18-4-1)56-59-51-30-12-9-25-46(51)55(61-56)39-33-34-45-50(36-39)58(47-27-10-7-23-43(47)44-24-8-11-28-48(44)58)49-29-16-26-42(54(45)49)38-19-15-20-40(35-38)57-60-52-31-13-14-32-53(52)62(57)41-21-5-2-6-22-41/h1-36H. The van der Waals surface area contributed by atoms with E-state index in [2.05, 4.69) is 205 Å². The molecule has 0 fully saturated rings. The zero-order chi connectivity index (χ0) is 40.8. The Morgan fingerprint density at radius 3 is 1.77 bits per heavy atom. The van der Waals surface area contributed by atoms with E-state index in [0.29, 0.717) is 0 Å². The maximum atomic E-state index is 5.35. The Bertz CT molecular complexity index is 3540. The third-order valence-electron chi connectivity index (χ3n) is 13.0. The molecule has 9 aromatic carbocycles. The second kappa shape index (κ2) is 13.4. The van der Waals surface area contributed by atoms with Gasteiger partial charge in [-0.05, 0) is 98.1 Å². The van der Waals surface area contributed by atoms with Crippen LogP contribution < -0.4 is 0 Å². The van der Waals surface area contributed by atoms with Crippen LogP contribution in [0.1, 0.15) is 22.3 Å². The Kier molecular flexibility index (Phi) is 7.49. The number of hydrogen-bond donors (Lipinski definition) is 0. The van der Waals surface area contributed by atoms with E-state index in [0.717, 1.165) is 67.2 Å². The highest BCUT2D eigenvalue weighted by Crippen LogP contribution is 2.64. The molecule has 0 unspecified atom stereocenters. The molecule has 2 heterocycles. The van der Waals surface area contributed by atoms with Gasteiger partial charge in [0.1, 0.15) is 5.82 Å². The molecule has 11 aromatic rings. The van der Waals surface area contributed by atoms with Crippen LogP contribution in [0, 0.1) is 0 Å². The van der Waals surface area contributed by atoms with Crippen molar-refractivity contribution in [3.63, 3.8) is 0 Å². The molecule has 4 nitrogen and oxygen atoms in total. The molecule has 0 bridgehead atoms. The predicted molar refractivity (Wildman–Crippen MR) is 252 cm³/mol. The molecule has 0 radical (unpaired) electrons. The van der Waals surface area contributed by atoms with Crippen LogP contribution in [0.5, 0.6) is 0 Å². The Labute approximate surface area is 359 Å². The maximum absolute atomic E-state index is 5.35. The van der Waals surface area contributed by atoms with Crippen LogP contribution in [0.4, 0.5) is 0 Å². The van der Waals surface area contributed by atoms with E-state index < -0.39 is 5.41 Å². The average Bonchev–Trinajstić information content (AvgIpc) is 3.99. The second-order valence-electron chi connectivity index (χ2n) is 16.3. The lowest BCUT2D eigenvalue weighted by Gasteiger charge is -2.31. The SMILES string of the molecule is c1ccc(-c2nc(-c3ccc4c(c3)C3(c5ccccc5-c5ccccc53)c3cccc(-c5cccc(-c6nc7ccccc7n6-c6ccccc6)c5)c3-4)c3ccccc3n2)cc1. The normalized spacial score (nSPS) is 13.0. The Morgan fingerprint density at radius 2 is 0.968 bits per heavy atom. The highest BCUT2D eigenvalue weighted by molar-refractivity contribution is 6.02. The molecule has 0 atom stereocenters. The van der Waals surface area contributed by atoms with Gasteiger partial charge in [-0.15, -0.1) is 0 Å². The number of aromatic nitrogens is 4. The van der Waals surface area contributed by atoms with Gasteiger partial charge in [0.25, 0.3) is 0 Å². The van der Waals surface area contributed by atoms with Crippen LogP contribution in [-0.2, 0) is 5.41 Å². The van der Waals surface area contributed by atoms with E-state index >= 15 is 0 Å². The summed E-state index contributed by atoms with van der Waals surface area (Å²) in [5.74, 6) is 1.64. The van der Waals surface area contributed by atoms with Gasteiger partial charge in [0.05, 0.1) is 27.7 Å². The Morgan fingerprint density at radius 1 is 0.355 bits per heavy atom. The van der Waals surface area contributed by atoms with Crippen LogP contribution >= 0.6 is 0 Å². The van der Waals surface area contributed by atoms with E-state index in [9.17, 15) is 0 Å². The summed E-state index contributed by atoms with van der Waals surface area (Å²) in [6, 6.07) is 78.5. The van der Waals surface area contributed by atoms with Gasteiger partial charge in [0.15, 0.2) is 5.82 Å². The molecule has 4 heteroatoms. The zero-order valence-corrected chi connectivity index (χ0v) is 33.6. The summed E-state index contributed by atoms with van der Waals surface area (Å²) >= 11 is 0. The van der Waals surface area contributed by atoms with E-state index in [-0.39, 0.29) is 0 Å². The van der Waals surface area contributed by atoms with E-state index in [4.69, 9.17) is 15.0 Å². The van der Waals surface area contributed by atoms with Crippen LogP contribution in [0.2, 0.25) is 0 Å². The van der Waals surface area contributed by atoms with Gasteiger partial charge < -0.3 is 0 Å². The minimum Gasteiger partial charge on any atom is -0.292 e. The first-order valence-corrected chi connectivity index (χ1v) is 21.2. The minimum absolute atomic E-state index is 0.548. The number of fused-ring (bicyclic) bond motifs is 12. The van der Waals surface area contributed by atoms with Crippen molar-refractivity contribution in [3.05, 3.63) is 241 Å². The fraction of sp³-hybridized carbons (Fsp3) is 0.0172.